The van der Waals surface area contributed by atoms with Crippen LogP contribution in [-0.2, 0) is 0 Å². The van der Waals surface area contributed by atoms with Crippen molar-refractivity contribution in [2.45, 2.75) is 39.5 Å². The minimum Gasteiger partial charge on any atom is -0.370 e. The number of nitrogens with zero attached hydrogens (tertiary/aromatic N) is 2. The first-order valence-electron chi connectivity index (χ1n) is 7.74. The molecule has 4 heteroatoms. The Balaban J connectivity index is 2.04. The highest BCUT2D eigenvalue weighted by atomic mass is 16.2. The highest BCUT2D eigenvalue weighted by molar-refractivity contribution is 5.92. The lowest BCUT2D eigenvalue weighted by molar-refractivity contribution is 0.0754. The number of likely N-dealkylation sites (tertiary alicyclic amines) is 1. The van der Waals surface area contributed by atoms with Crippen LogP contribution in [0.2, 0.25) is 0 Å². The molecule has 1 unspecified atom stereocenters. The van der Waals surface area contributed by atoms with Gasteiger partial charge in [-0.15, -0.1) is 0 Å². The molecule has 20 heavy (non-hydrogen) atoms. The van der Waals surface area contributed by atoms with Gasteiger partial charge in [0.15, 0.2) is 0 Å². The van der Waals surface area contributed by atoms with E-state index in [-0.39, 0.29) is 5.91 Å². The minimum atomic E-state index is 0.0708. The zero-order valence-corrected chi connectivity index (χ0v) is 12.6. The topological polar surface area (TPSA) is 45.2 Å². The number of anilines is 1. The molecular weight excluding hydrogens is 250 g/mol. The number of aromatic nitrogens is 1. The average Bonchev–Trinajstić information content (AvgIpc) is 2.72. The lowest BCUT2D eigenvalue weighted by atomic mass is 9.98. The van der Waals surface area contributed by atoms with Gasteiger partial charge in [-0.25, -0.2) is 4.98 Å². The maximum absolute atomic E-state index is 12.5. The van der Waals surface area contributed by atoms with Crippen LogP contribution in [0, 0.1) is 5.92 Å². The SMILES string of the molecule is CCNc1cccc(C(=O)N2CCCC(CC)CC2)n1. The van der Waals surface area contributed by atoms with E-state index in [1.807, 2.05) is 30.0 Å². The Labute approximate surface area is 121 Å². The van der Waals surface area contributed by atoms with Crippen LogP contribution in [0.3, 0.4) is 0 Å². The van der Waals surface area contributed by atoms with E-state index in [9.17, 15) is 4.79 Å². The molecule has 0 saturated carbocycles. The van der Waals surface area contributed by atoms with Crippen molar-refractivity contribution in [1.82, 2.24) is 9.88 Å². The molecule has 0 bridgehead atoms. The lowest BCUT2D eigenvalue weighted by Crippen LogP contribution is -2.32. The van der Waals surface area contributed by atoms with Crippen molar-refractivity contribution in [2.24, 2.45) is 5.92 Å². The largest absolute Gasteiger partial charge is 0.370 e. The second-order valence-corrected chi connectivity index (χ2v) is 5.44. The maximum atomic E-state index is 12.5. The molecule has 1 atom stereocenters. The summed E-state index contributed by atoms with van der Waals surface area (Å²) in [5, 5.41) is 3.15. The number of amides is 1. The smallest absolute Gasteiger partial charge is 0.272 e. The summed E-state index contributed by atoms with van der Waals surface area (Å²) in [7, 11) is 0. The number of rotatable bonds is 4. The second-order valence-electron chi connectivity index (χ2n) is 5.44. The molecule has 2 heterocycles. The minimum absolute atomic E-state index is 0.0708. The zero-order chi connectivity index (χ0) is 14.4. The number of carbonyl (C=O) groups excluding carboxylic acids is 1. The van der Waals surface area contributed by atoms with E-state index in [2.05, 4.69) is 17.2 Å². The van der Waals surface area contributed by atoms with E-state index >= 15 is 0 Å². The van der Waals surface area contributed by atoms with Gasteiger partial charge in [0.1, 0.15) is 11.5 Å². The van der Waals surface area contributed by atoms with E-state index in [4.69, 9.17) is 0 Å². The Morgan fingerprint density at radius 3 is 2.95 bits per heavy atom. The molecule has 1 N–H and O–H groups in total. The molecule has 1 fully saturated rings. The van der Waals surface area contributed by atoms with E-state index in [0.29, 0.717) is 5.69 Å². The molecule has 2 rings (SSSR count). The van der Waals surface area contributed by atoms with Gasteiger partial charge in [-0.1, -0.05) is 19.4 Å². The number of hydrogen-bond acceptors (Lipinski definition) is 3. The van der Waals surface area contributed by atoms with Crippen molar-refractivity contribution in [2.75, 3.05) is 25.0 Å². The van der Waals surface area contributed by atoms with E-state index in [1.54, 1.807) is 0 Å². The van der Waals surface area contributed by atoms with Gasteiger partial charge >= 0.3 is 0 Å². The third-order valence-electron chi connectivity index (χ3n) is 4.04. The third-order valence-corrected chi connectivity index (χ3v) is 4.04. The van der Waals surface area contributed by atoms with Crippen LogP contribution in [0.15, 0.2) is 18.2 Å². The fourth-order valence-electron chi connectivity index (χ4n) is 2.77. The average molecular weight is 275 g/mol. The van der Waals surface area contributed by atoms with Gasteiger partial charge in [-0.05, 0) is 44.2 Å². The van der Waals surface area contributed by atoms with Crippen LogP contribution in [0.4, 0.5) is 5.82 Å². The predicted octanol–water partition coefficient (Wildman–Crippen LogP) is 3.17. The Morgan fingerprint density at radius 1 is 1.35 bits per heavy atom. The van der Waals surface area contributed by atoms with Gasteiger partial charge in [-0.3, -0.25) is 4.79 Å². The van der Waals surface area contributed by atoms with Crippen LogP contribution >= 0.6 is 0 Å². The van der Waals surface area contributed by atoms with Gasteiger partial charge in [0, 0.05) is 19.6 Å². The summed E-state index contributed by atoms with van der Waals surface area (Å²) in [5.41, 5.74) is 0.554. The highest BCUT2D eigenvalue weighted by Crippen LogP contribution is 2.21. The molecule has 0 radical (unpaired) electrons. The van der Waals surface area contributed by atoms with Crippen molar-refractivity contribution in [3.05, 3.63) is 23.9 Å². The molecule has 110 valence electrons. The van der Waals surface area contributed by atoms with Gasteiger partial charge in [-0.2, -0.15) is 0 Å². The van der Waals surface area contributed by atoms with Crippen LogP contribution in [-0.4, -0.2) is 35.4 Å². The van der Waals surface area contributed by atoms with Gasteiger partial charge in [0.2, 0.25) is 0 Å². The summed E-state index contributed by atoms with van der Waals surface area (Å²) in [4.78, 5) is 18.9. The van der Waals surface area contributed by atoms with Crippen molar-refractivity contribution in [3.8, 4) is 0 Å². The first-order valence-corrected chi connectivity index (χ1v) is 7.74. The Bertz CT molecular complexity index is 447. The summed E-state index contributed by atoms with van der Waals surface area (Å²) >= 11 is 0. The predicted molar refractivity (Wildman–Crippen MR) is 81.9 cm³/mol. The first-order chi connectivity index (χ1) is 9.74. The zero-order valence-electron chi connectivity index (χ0n) is 12.6. The number of pyridine rings is 1. The molecule has 1 amide bonds. The summed E-state index contributed by atoms with van der Waals surface area (Å²) < 4.78 is 0. The Hall–Kier alpha value is -1.58. The molecule has 0 aliphatic carbocycles. The van der Waals surface area contributed by atoms with Gasteiger partial charge < -0.3 is 10.2 Å². The van der Waals surface area contributed by atoms with Crippen LogP contribution in [0.5, 0.6) is 0 Å². The molecule has 0 spiro atoms. The molecule has 0 aromatic carbocycles. The fourth-order valence-corrected chi connectivity index (χ4v) is 2.77. The monoisotopic (exact) mass is 275 g/mol. The van der Waals surface area contributed by atoms with Crippen LogP contribution < -0.4 is 5.32 Å². The second kappa shape index (κ2) is 7.27. The highest BCUT2D eigenvalue weighted by Gasteiger charge is 2.21. The first kappa shape index (κ1) is 14.8. The Kier molecular flexibility index (Phi) is 5.39. The number of nitrogens with one attached hydrogen (secondary N) is 1. The van der Waals surface area contributed by atoms with Gasteiger partial charge in [0.25, 0.3) is 5.91 Å². The Morgan fingerprint density at radius 2 is 2.20 bits per heavy atom. The van der Waals surface area contributed by atoms with Crippen LogP contribution in [0.1, 0.15) is 50.0 Å². The summed E-state index contributed by atoms with van der Waals surface area (Å²) in [6.07, 6.45) is 4.69. The molecule has 1 aliphatic rings. The van der Waals surface area contributed by atoms with Crippen molar-refractivity contribution in [3.63, 3.8) is 0 Å². The molecule has 1 aromatic rings. The number of hydrogen-bond donors (Lipinski definition) is 1. The van der Waals surface area contributed by atoms with Crippen molar-refractivity contribution >= 4 is 11.7 Å². The quantitative estimate of drug-likeness (QED) is 0.918. The molecule has 1 saturated heterocycles. The van der Waals surface area contributed by atoms with E-state index in [1.165, 1.54) is 12.8 Å². The van der Waals surface area contributed by atoms with E-state index in [0.717, 1.165) is 44.2 Å². The summed E-state index contributed by atoms with van der Waals surface area (Å²) in [6, 6.07) is 5.60. The summed E-state index contributed by atoms with van der Waals surface area (Å²) in [5.74, 6) is 1.62. The molecule has 1 aromatic heterocycles. The standard InChI is InChI=1S/C16H25N3O/c1-3-13-7-6-11-19(12-10-13)16(20)14-8-5-9-15(18-14)17-4-2/h5,8-9,13H,3-4,6-7,10-12H2,1-2H3,(H,17,18). The van der Waals surface area contributed by atoms with Crippen molar-refractivity contribution < 1.29 is 4.79 Å². The fraction of sp³-hybridized carbons (Fsp3) is 0.625. The van der Waals surface area contributed by atoms with Crippen LogP contribution in [0.25, 0.3) is 0 Å². The third kappa shape index (κ3) is 3.71. The molecule has 1 aliphatic heterocycles. The molecule has 4 nitrogen and oxygen atoms in total. The van der Waals surface area contributed by atoms with Crippen molar-refractivity contribution in [1.29, 1.82) is 0 Å². The number of carbonyl (C=O) groups is 1. The molecular formula is C16H25N3O. The van der Waals surface area contributed by atoms with E-state index < -0.39 is 0 Å². The summed E-state index contributed by atoms with van der Waals surface area (Å²) in [6.45, 7) is 6.80. The maximum Gasteiger partial charge on any atom is 0.272 e. The normalized spacial score (nSPS) is 19.5. The van der Waals surface area contributed by atoms with Gasteiger partial charge in [0.05, 0.1) is 0 Å². The lowest BCUT2D eigenvalue weighted by Gasteiger charge is -2.20.